The number of fused-ring (bicyclic) bond motifs is 1. The second-order valence-electron chi connectivity index (χ2n) is 3.51. The van der Waals surface area contributed by atoms with E-state index in [-0.39, 0.29) is 0 Å². The largest absolute Gasteiger partial charge is 0.381 e. The zero-order chi connectivity index (χ0) is 11.3. The van der Waals surface area contributed by atoms with Crippen LogP contribution in [0.2, 0.25) is 0 Å². The molecule has 0 atom stereocenters. The molecule has 1 N–H and O–H groups in total. The minimum atomic E-state index is 0.971. The Bertz CT molecular complexity index is 350. The molecule has 0 saturated carbocycles. The van der Waals surface area contributed by atoms with E-state index >= 15 is 0 Å². The number of rotatable bonds is 1. The Morgan fingerprint density at radius 1 is 1.27 bits per heavy atom. The SMILES string of the molecule is CC.CCC1=CCNc2ccc(C)cc21. The molecule has 0 amide bonds. The first-order chi connectivity index (χ1) is 7.31. The Hall–Kier alpha value is -1.24. The topological polar surface area (TPSA) is 12.0 Å². The van der Waals surface area contributed by atoms with Gasteiger partial charge in [-0.1, -0.05) is 38.5 Å². The lowest BCUT2D eigenvalue weighted by molar-refractivity contribution is 1.18. The van der Waals surface area contributed by atoms with Gasteiger partial charge in [0.15, 0.2) is 0 Å². The summed E-state index contributed by atoms with van der Waals surface area (Å²) in [6, 6.07) is 6.59. The molecule has 0 saturated heterocycles. The summed E-state index contributed by atoms with van der Waals surface area (Å²) in [7, 11) is 0. The average Bonchev–Trinajstić information content (AvgIpc) is 2.31. The molecule has 1 aromatic rings. The molecule has 1 aromatic carbocycles. The molecular formula is C14H21N. The first kappa shape index (κ1) is 11.8. The van der Waals surface area contributed by atoms with Crippen LogP contribution < -0.4 is 5.32 Å². The van der Waals surface area contributed by atoms with E-state index in [2.05, 4.69) is 43.4 Å². The zero-order valence-electron chi connectivity index (χ0n) is 10.2. The van der Waals surface area contributed by atoms with Gasteiger partial charge in [-0.25, -0.2) is 0 Å². The predicted molar refractivity (Wildman–Crippen MR) is 69.3 cm³/mol. The highest BCUT2D eigenvalue weighted by Gasteiger charge is 2.09. The van der Waals surface area contributed by atoms with E-state index < -0.39 is 0 Å². The fourth-order valence-corrected chi connectivity index (χ4v) is 1.81. The third-order valence-corrected chi connectivity index (χ3v) is 2.54. The van der Waals surface area contributed by atoms with Gasteiger partial charge in [0.1, 0.15) is 0 Å². The molecule has 0 unspecified atom stereocenters. The Morgan fingerprint density at radius 2 is 2.00 bits per heavy atom. The second kappa shape index (κ2) is 5.59. The highest BCUT2D eigenvalue weighted by molar-refractivity contribution is 5.79. The van der Waals surface area contributed by atoms with Crippen LogP contribution in [0.5, 0.6) is 0 Å². The smallest absolute Gasteiger partial charge is 0.0419 e. The van der Waals surface area contributed by atoms with E-state index in [4.69, 9.17) is 0 Å². The predicted octanol–water partition coefficient (Wildman–Crippen LogP) is 4.24. The lowest BCUT2D eigenvalue weighted by Gasteiger charge is -2.18. The van der Waals surface area contributed by atoms with Crippen LogP contribution in [0.4, 0.5) is 5.69 Å². The molecular weight excluding hydrogens is 182 g/mol. The van der Waals surface area contributed by atoms with Crippen molar-refractivity contribution in [2.75, 3.05) is 11.9 Å². The van der Waals surface area contributed by atoms with Crippen LogP contribution in [0.15, 0.2) is 24.3 Å². The van der Waals surface area contributed by atoms with E-state index in [9.17, 15) is 0 Å². The molecule has 1 heterocycles. The van der Waals surface area contributed by atoms with Crippen LogP contribution in [-0.4, -0.2) is 6.54 Å². The van der Waals surface area contributed by atoms with E-state index in [0.717, 1.165) is 13.0 Å². The summed E-state index contributed by atoms with van der Waals surface area (Å²) in [6.07, 6.45) is 3.40. The summed E-state index contributed by atoms with van der Waals surface area (Å²) in [6.45, 7) is 9.32. The maximum Gasteiger partial charge on any atom is 0.0419 e. The molecule has 0 aromatic heterocycles. The Morgan fingerprint density at radius 3 is 2.67 bits per heavy atom. The van der Waals surface area contributed by atoms with Crippen molar-refractivity contribution in [1.82, 2.24) is 0 Å². The first-order valence-corrected chi connectivity index (χ1v) is 5.85. The third-order valence-electron chi connectivity index (χ3n) is 2.54. The molecule has 0 fully saturated rings. The van der Waals surface area contributed by atoms with Crippen molar-refractivity contribution >= 4 is 11.3 Å². The Balaban J connectivity index is 0.000000531. The van der Waals surface area contributed by atoms with Gasteiger partial charge in [0.05, 0.1) is 0 Å². The van der Waals surface area contributed by atoms with E-state index in [1.807, 2.05) is 13.8 Å². The van der Waals surface area contributed by atoms with Crippen LogP contribution >= 0.6 is 0 Å². The first-order valence-electron chi connectivity index (χ1n) is 5.85. The Labute approximate surface area is 93.2 Å². The van der Waals surface area contributed by atoms with Crippen LogP contribution in [0, 0.1) is 6.92 Å². The summed E-state index contributed by atoms with van der Waals surface area (Å²) < 4.78 is 0. The van der Waals surface area contributed by atoms with Crippen molar-refractivity contribution in [1.29, 1.82) is 0 Å². The highest BCUT2D eigenvalue weighted by atomic mass is 14.9. The van der Waals surface area contributed by atoms with Crippen molar-refractivity contribution in [3.05, 3.63) is 35.4 Å². The van der Waals surface area contributed by atoms with Crippen molar-refractivity contribution in [2.45, 2.75) is 34.1 Å². The van der Waals surface area contributed by atoms with Gasteiger partial charge < -0.3 is 5.32 Å². The van der Waals surface area contributed by atoms with E-state index in [1.54, 1.807) is 0 Å². The maximum absolute atomic E-state index is 3.38. The van der Waals surface area contributed by atoms with Gasteiger partial charge in [0.2, 0.25) is 0 Å². The van der Waals surface area contributed by atoms with Gasteiger partial charge in [-0.05, 0) is 31.1 Å². The lowest BCUT2D eigenvalue weighted by Crippen LogP contribution is -2.07. The number of nitrogens with one attached hydrogen (secondary N) is 1. The fraction of sp³-hybridized carbons (Fsp3) is 0.429. The van der Waals surface area contributed by atoms with Crippen molar-refractivity contribution in [3.8, 4) is 0 Å². The minimum Gasteiger partial charge on any atom is -0.381 e. The van der Waals surface area contributed by atoms with Crippen LogP contribution in [0.25, 0.3) is 5.57 Å². The van der Waals surface area contributed by atoms with Crippen LogP contribution in [0.3, 0.4) is 0 Å². The Kier molecular flexibility index (Phi) is 4.41. The molecule has 1 nitrogen and oxygen atoms in total. The van der Waals surface area contributed by atoms with Crippen molar-refractivity contribution < 1.29 is 0 Å². The van der Waals surface area contributed by atoms with Gasteiger partial charge in [0, 0.05) is 17.8 Å². The summed E-state index contributed by atoms with van der Waals surface area (Å²) in [4.78, 5) is 0. The van der Waals surface area contributed by atoms with Gasteiger partial charge >= 0.3 is 0 Å². The van der Waals surface area contributed by atoms with E-state index in [0.29, 0.717) is 0 Å². The quantitative estimate of drug-likeness (QED) is 0.720. The number of hydrogen-bond acceptors (Lipinski definition) is 1. The molecule has 2 rings (SSSR count). The number of hydrogen-bond donors (Lipinski definition) is 1. The maximum atomic E-state index is 3.38. The standard InChI is InChI=1S/C12H15N.C2H6/c1-3-10-6-7-13-12-5-4-9(2)8-11(10)12;1-2/h4-6,8,13H,3,7H2,1-2H3;1-2H3. The van der Waals surface area contributed by atoms with Crippen LogP contribution in [-0.2, 0) is 0 Å². The lowest BCUT2D eigenvalue weighted by atomic mass is 9.97. The van der Waals surface area contributed by atoms with Gasteiger partial charge in [-0.3, -0.25) is 0 Å². The third kappa shape index (κ3) is 2.62. The van der Waals surface area contributed by atoms with Gasteiger partial charge in [-0.2, -0.15) is 0 Å². The average molecular weight is 203 g/mol. The van der Waals surface area contributed by atoms with Crippen molar-refractivity contribution in [2.24, 2.45) is 0 Å². The van der Waals surface area contributed by atoms with Crippen molar-refractivity contribution in [3.63, 3.8) is 0 Å². The summed E-state index contributed by atoms with van der Waals surface area (Å²) in [5.74, 6) is 0. The molecule has 1 aliphatic rings. The number of allylic oxidation sites excluding steroid dienone is 1. The second-order valence-corrected chi connectivity index (χ2v) is 3.51. The number of anilines is 1. The van der Waals surface area contributed by atoms with Crippen LogP contribution in [0.1, 0.15) is 38.3 Å². The molecule has 1 aliphatic heterocycles. The summed E-state index contributed by atoms with van der Waals surface area (Å²) in [5.41, 5.74) is 5.47. The molecule has 0 bridgehead atoms. The molecule has 82 valence electrons. The number of benzene rings is 1. The molecule has 0 spiro atoms. The fourth-order valence-electron chi connectivity index (χ4n) is 1.81. The molecule has 0 aliphatic carbocycles. The van der Waals surface area contributed by atoms with Gasteiger partial charge in [-0.15, -0.1) is 0 Å². The molecule has 1 heteroatoms. The minimum absolute atomic E-state index is 0.971. The molecule has 15 heavy (non-hydrogen) atoms. The van der Waals surface area contributed by atoms with Gasteiger partial charge in [0.25, 0.3) is 0 Å². The number of aryl methyl sites for hydroxylation is 1. The molecule has 0 radical (unpaired) electrons. The normalized spacial score (nSPS) is 12.9. The highest BCUT2D eigenvalue weighted by Crippen LogP contribution is 2.29. The summed E-state index contributed by atoms with van der Waals surface area (Å²) in [5, 5.41) is 3.38. The zero-order valence-corrected chi connectivity index (χ0v) is 10.2. The van der Waals surface area contributed by atoms with E-state index in [1.165, 1.54) is 22.4 Å². The monoisotopic (exact) mass is 203 g/mol. The summed E-state index contributed by atoms with van der Waals surface area (Å²) >= 11 is 0.